The van der Waals surface area contributed by atoms with E-state index >= 15 is 0 Å². The summed E-state index contributed by atoms with van der Waals surface area (Å²) in [4.78, 5) is 45.6. The Morgan fingerprint density at radius 2 is 1.79 bits per heavy atom. The Kier molecular flexibility index (Phi) is 8.98. The zero-order valence-electron chi connectivity index (χ0n) is 22.3. The maximum Gasteiger partial charge on any atom is 0.338 e. The molecule has 0 unspecified atom stereocenters. The molecule has 0 fully saturated rings. The molecule has 0 aliphatic carbocycles. The highest BCUT2D eigenvalue weighted by Gasteiger charge is 2.33. The van der Waals surface area contributed by atoms with Gasteiger partial charge in [0, 0.05) is 30.2 Å². The van der Waals surface area contributed by atoms with E-state index in [0.29, 0.717) is 40.3 Å². The molecule has 4 aromatic rings. The van der Waals surface area contributed by atoms with Crippen LogP contribution in [0.15, 0.2) is 73.1 Å². The zero-order chi connectivity index (χ0) is 27.8. The number of nitrogens with zero attached hydrogens (tertiary/aromatic N) is 5. The van der Waals surface area contributed by atoms with Gasteiger partial charge >= 0.3 is 5.97 Å². The van der Waals surface area contributed by atoms with E-state index in [-0.39, 0.29) is 25.0 Å². The number of pyridine rings is 1. The molecule has 0 spiro atoms. The maximum absolute atomic E-state index is 14.0. The van der Waals surface area contributed by atoms with E-state index < -0.39 is 12.0 Å². The average Bonchev–Trinajstić information content (AvgIpc) is 3.34. The van der Waals surface area contributed by atoms with Gasteiger partial charge in [-0.2, -0.15) is 0 Å². The standard InChI is InChI=1S/C29H32N6O4/c1-4-39-29(38)21-11-13-23(14-12-21)35(26(36)19-34-25-10-6-5-9-24(25)32-33-34)27(22-8-7-16-30-18-22)28(37)31-17-15-20(2)3/h5-14,16,18,20,27H,4,15,17,19H2,1-3H3,(H,31,37)/t27-/m0/s1. The number of para-hydroxylation sites is 1. The zero-order valence-corrected chi connectivity index (χ0v) is 22.3. The number of rotatable bonds is 11. The van der Waals surface area contributed by atoms with Gasteiger partial charge < -0.3 is 10.1 Å². The number of carbonyl (C=O) groups is 3. The molecule has 202 valence electrons. The van der Waals surface area contributed by atoms with E-state index in [1.807, 2.05) is 24.3 Å². The SMILES string of the molecule is CCOC(=O)c1ccc(N(C(=O)Cn2nnc3ccccc32)[C@H](C(=O)NCCC(C)C)c2cccnc2)cc1. The van der Waals surface area contributed by atoms with Crippen molar-refractivity contribution in [1.82, 2.24) is 25.3 Å². The number of benzene rings is 2. The largest absolute Gasteiger partial charge is 0.462 e. The minimum atomic E-state index is -1.01. The Balaban J connectivity index is 1.75. The number of fused-ring (bicyclic) bond motifs is 1. The summed E-state index contributed by atoms with van der Waals surface area (Å²) in [6, 6.07) is 16.2. The first-order chi connectivity index (χ1) is 18.9. The van der Waals surface area contributed by atoms with Crippen molar-refractivity contribution in [3.05, 3.63) is 84.2 Å². The van der Waals surface area contributed by atoms with Gasteiger partial charge in [-0.05, 0) is 61.7 Å². The Morgan fingerprint density at radius 3 is 2.49 bits per heavy atom. The van der Waals surface area contributed by atoms with Gasteiger partial charge in [-0.1, -0.05) is 37.3 Å². The fourth-order valence-electron chi connectivity index (χ4n) is 4.18. The van der Waals surface area contributed by atoms with Gasteiger partial charge in [0.1, 0.15) is 18.1 Å². The lowest BCUT2D eigenvalue weighted by Gasteiger charge is -2.31. The highest BCUT2D eigenvalue weighted by atomic mass is 16.5. The van der Waals surface area contributed by atoms with Gasteiger partial charge in [0.15, 0.2) is 0 Å². The van der Waals surface area contributed by atoms with Crippen LogP contribution in [0.5, 0.6) is 0 Å². The van der Waals surface area contributed by atoms with E-state index in [0.717, 1.165) is 6.42 Å². The Bertz CT molecular complexity index is 1420. The van der Waals surface area contributed by atoms with E-state index in [1.54, 1.807) is 55.7 Å². The molecule has 0 bridgehead atoms. The third-order valence-electron chi connectivity index (χ3n) is 6.16. The molecular weight excluding hydrogens is 496 g/mol. The molecule has 0 saturated carbocycles. The van der Waals surface area contributed by atoms with Crippen LogP contribution in [-0.4, -0.2) is 50.9 Å². The number of amides is 2. The minimum absolute atomic E-state index is 0.157. The molecule has 10 nitrogen and oxygen atoms in total. The van der Waals surface area contributed by atoms with Crippen molar-refractivity contribution in [2.24, 2.45) is 5.92 Å². The van der Waals surface area contributed by atoms with Crippen molar-refractivity contribution < 1.29 is 19.1 Å². The molecule has 0 aliphatic heterocycles. The van der Waals surface area contributed by atoms with Crippen molar-refractivity contribution >= 4 is 34.5 Å². The molecule has 10 heteroatoms. The predicted octanol–water partition coefficient (Wildman–Crippen LogP) is 3.94. The van der Waals surface area contributed by atoms with Crippen molar-refractivity contribution in [3.8, 4) is 0 Å². The predicted molar refractivity (Wildman–Crippen MR) is 147 cm³/mol. The Morgan fingerprint density at radius 1 is 1.03 bits per heavy atom. The Hall–Kier alpha value is -4.60. The van der Waals surface area contributed by atoms with Gasteiger partial charge in [-0.3, -0.25) is 19.5 Å². The second-order valence-electron chi connectivity index (χ2n) is 9.43. The maximum atomic E-state index is 14.0. The van der Waals surface area contributed by atoms with Crippen LogP contribution in [0.3, 0.4) is 0 Å². The Labute approximate surface area is 227 Å². The molecule has 1 N–H and O–H groups in total. The molecule has 2 aromatic carbocycles. The van der Waals surface area contributed by atoms with Crippen molar-refractivity contribution in [2.45, 2.75) is 39.8 Å². The van der Waals surface area contributed by atoms with Crippen LogP contribution in [0.25, 0.3) is 11.0 Å². The number of anilines is 1. The minimum Gasteiger partial charge on any atom is -0.462 e. The van der Waals surface area contributed by atoms with Crippen LogP contribution in [0.4, 0.5) is 5.69 Å². The summed E-state index contributed by atoms with van der Waals surface area (Å²) in [6.07, 6.45) is 3.97. The van der Waals surface area contributed by atoms with Gasteiger partial charge in [-0.25, -0.2) is 9.48 Å². The van der Waals surface area contributed by atoms with Gasteiger partial charge in [-0.15, -0.1) is 5.10 Å². The smallest absolute Gasteiger partial charge is 0.338 e. The summed E-state index contributed by atoms with van der Waals surface area (Å²) >= 11 is 0. The second kappa shape index (κ2) is 12.8. The van der Waals surface area contributed by atoms with Crippen LogP contribution < -0.4 is 10.2 Å². The summed E-state index contributed by atoms with van der Waals surface area (Å²) in [5.41, 5.74) is 2.68. The quantitative estimate of drug-likeness (QED) is 0.293. The first-order valence-corrected chi connectivity index (χ1v) is 12.9. The summed E-state index contributed by atoms with van der Waals surface area (Å²) in [5, 5.41) is 11.3. The van der Waals surface area contributed by atoms with E-state index in [4.69, 9.17) is 4.74 Å². The van der Waals surface area contributed by atoms with Crippen LogP contribution in [0.1, 0.15) is 49.2 Å². The van der Waals surface area contributed by atoms with Crippen molar-refractivity contribution in [3.63, 3.8) is 0 Å². The average molecular weight is 529 g/mol. The lowest BCUT2D eigenvalue weighted by Crippen LogP contribution is -2.45. The second-order valence-corrected chi connectivity index (χ2v) is 9.43. The summed E-state index contributed by atoms with van der Waals surface area (Å²) in [7, 11) is 0. The van der Waals surface area contributed by atoms with E-state index in [9.17, 15) is 14.4 Å². The third-order valence-corrected chi connectivity index (χ3v) is 6.16. The molecule has 2 amide bonds. The molecule has 2 aromatic heterocycles. The number of ether oxygens (including phenoxy) is 1. The normalized spacial score (nSPS) is 11.8. The molecule has 4 rings (SSSR count). The fourth-order valence-corrected chi connectivity index (χ4v) is 4.18. The highest BCUT2D eigenvalue weighted by Crippen LogP contribution is 2.29. The lowest BCUT2D eigenvalue weighted by atomic mass is 10.0. The molecule has 1 atom stereocenters. The fraction of sp³-hybridized carbons (Fsp3) is 0.310. The van der Waals surface area contributed by atoms with E-state index in [2.05, 4.69) is 34.5 Å². The summed E-state index contributed by atoms with van der Waals surface area (Å²) < 4.78 is 6.60. The first kappa shape index (κ1) is 27.4. The van der Waals surface area contributed by atoms with Crippen LogP contribution in [0.2, 0.25) is 0 Å². The lowest BCUT2D eigenvalue weighted by molar-refractivity contribution is -0.127. The van der Waals surface area contributed by atoms with Crippen LogP contribution >= 0.6 is 0 Å². The molecule has 0 saturated heterocycles. The number of aromatic nitrogens is 4. The molecular formula is C29H32N6O4. The third kappa shape index (κ3) is 6.64. The van der Waals surface area contributed by atoms with Gasteiger partial charge in [0.25, 0.3) is 0 Å². The van der Waals surface area contributed by atoms with Crippen LogP contribution in [-0.2, 0) is 20.9 Å². The molecule has 0 radical (unpaired) electrons. The number of carbonyl (C=O) groups excluding carboxylic acids is 3. The number of hydrogen-bond acceptors (Lipinski definition) is 7. The molecule has 0 aliphatic rings. The summed E-state index contributed by atoms with van der Waals surface area (Å²) in [5.74, 6) is -0.792. The van der Waals surface area contributed by atoms with E-state index in [1.165, 1.54) is 9.58 Å². The number of nitrogens with one attached hydrogen (secondary N) is 1. The monoisotopic (exact) mass is 528 g/mol. The highest BCUT2D eigenvalue weighted by molar-refractivity contribution is 6.02. The molecule has 2 heterocycles. The first-order valence-electron chi connectivity index (χ1n) is 12.9. The molecule has 39 heavy (non-hydrogen) atoms. The number of hydrogen-bond donors (Lipinski definition) is 1. The topological polar surface area (TPSA) is 119 Å². The van der Waals surface area contributed by atoms with Crippen LogP contribution in [0, 0.1) is 5.92 Å². The number of esters is 1. The van der Waals surface area contributed by atoms with Crippen molar-refractivity contribution in [2.75, 3.05) is 18.1 Å². The van der Waals surface area contributed by atoms with Gasteiger partial charge in [0.2, 0.25) is 11.8 Å². The van der Waals surface area contributed by atoms with Crippen molar-refractivity contribution in [1.29, 1.82) is 0 Å². The summed E-state index contributed by atoms with van der Waals surface area (Å²) in [6.45, 7) is 6.44. The van der Waals surface area contributed by atoms with Gasteiger partial charge in [0.05, 0.1) is 17.7 Å².